The molecule has 1 atom stereocenters. The second-order valence-corrected chi connectivity index (χ2v) is 8.11. The number of amides is 1. The van der Waals surface area contributed by atoms with Crippen LogP contribution in [-0.2, 0) is 4.79 Å². The van der Waals surface area contributed by atoms with Crippen molar-refractivity contribution in [2.75, 3.05) is 25.5 Å². The van der Waals surface area contributed by atoms with Crippen LogP contribution in [0.1, 0.15) is 42.0 Å². The molecule has 1 N–H and O–H groups in total. The number of methoxy groups -OCH3 is 1. The van der Waals surface area contributed by atoms with Gasteiger partial charge in [-0.3, -0.25) is 9.69 Å². The minimum Gasteiger partial charge on any atom is -0.495 e. The van der Waals surface area contributed by atoms with Gasteiger partial charge in [-0.25, -0.2) is 0 Å². The number of ether oxygens (including phenoxy) is 1. The molecule has 0 aromatic heterocycles. The predicted octanol–water partition coefficient (Wildman–Crippen LogP) is 5.78. The van der Waals surface area contributed by atoms with Gasteiger partial charge in [0.1, 0.15) is 11.8 Å². The SMILES string of the molecule is COc1c(Cl)cc(Cl)cc1[C@H](C(=O)Nc1c(C)cccc1C)N1CCCCC1. The molecule has 1 aliphatic rings. The Morgan fingerprint density at radius 1 is 1.11 bits per heavy atom. The maximum absolute atomic E-state index is 13.5. The minimum atomic E-state index is -0.523. The molecule has 1 saturated heterocycles. The highest BCUT2D eigenvalue weighted by Crippen LogP contribution is 2.39. The normalized spacial score (nSPS) is 15.9. The van der Waals surface area contributed by atoms with E-state index in [2.05, 4.69) is 10.2 Å². The Hall–Kier alpha value is -1.75. The van der Waals surface area contributed by atoms with Gasteiger partial charge in [-0.1, -0.05) is 47.8 Å². The van der Waals surface area contributed by atoms with Gasteiger partial charge in [-0.15, -0.1) is 0 Å². The molecular weight excluding hydrogens is 395 g/mol. The lowest BCUT2D eigenvalue weighted by molar-refractivity contribution is -0.122. The topological polar surface area (TPSA) is 41.6 Å². The molecule has 0 unspecified atom stereocenters. The van der Waals surface area contributed by atoms with Crippen molar-refractivity contribution in [2.45, 2.75) is 39.2 Å². The lowest BCUT2D eigenvalue weighted by Crippen LogP contribution is -2.40. The molecule has 0 radical (unpaired) electrons. The van der Waals surface area contributed by atoms with Crippen molar-refractivity contribution in [1.82, 2.24) is 4.90 Å². The van der Waals surface area contributed by atoms with E-state index in [1.165, 1.54) is 6.42 Å². The summed E-state index contributed by atoms with van der Waals surface area (Å²) in [5, 5.41) is 4.04. The summed E-state index contributed by atoms with van der Waals surface area (Å²) in [6, 6.07) is 8.88. The summed E-state index contributed by atoms with van der Waals surface area (Å²) in [4.78, 5) is 15.7. The number of nitrogens with zero attached hydrogens (tertiary/aromatic N) is 1. The molecule has 1 aliphatic heterocycles. The highest BCUT2D eigenvalue weighted by molar-refractivity contribution is 6.35. The Morgan fingerprint density at radius 2 is 1.75 bits per heavy atom. The van der Waals surface area contributed by atoms with Crippen molar-refractivity contribution in [3.63, 3.8) is 0 Å². The molecule has 3 rings (SSSR count). The highest BCUT2D eigenvalue weighted by atomic mass is 35.5. The largest absolute Gasteiger partial charge is 0.495 e. The van der Waals surface area contributed by atoms with Crippen LogP contribution in [0.3, 0.4) is 0 Å². The molecule has 150 valence electrons. The quantitative estimate of drug-likeness (QED) is 0.665. The van der Waals surface area contributed by atoms with Crippen LogP contribution < -0.4 is 10.1 Å². The number of para-hydroxylation sites is 1. The third-order valence-corrected chi connectivity index (χ3v) is 5.77. The van der Waals surface area contributed by atoms with Gasteiger partial charge < -0.3 is 10.1 Å². The zero-order chi connectivity index (χ0) is 20.3. The van der Waals surface area contributed by atoms with Gasteiger partial charge in [0, 0.05) is 16.3 Å². The van der Waals surface area contributed by atoms with E-state index < -0.39 is 6.04 Å². The van der Waals surface area contributed by atoms with Gasteiger partial charge in [0.15, 0.2) is 0 Å². The van der Waals surface area contributed by atoms with Crippen molar-refractivity contribution >= 4 is 34.8 Å². The zero-order valence-corrected chi connectivity index (χ0v) is 18.0. The molecule has 2 aromatic carbocycles. The Bertz CT molecular complexity index is 844. The van der Waals surface area contributed by atoms with Crippen molar-refractivity contribution in [3.05, 3.63) is 57.1 Å². The fourth-order valence-corrected chi connectivity index (χ4v) is 4.47. The van der Waals surface area contributed by atoms with Gasteiger partial charge in [0.25, 0.3) is 0 Å². The number of nitrogens with one attached hydrogen (secondary N) is 1. The molecule has 0 saturated carbocycles. The third-order valence-electron chi connectivity index (χ3n) is 5.27. The third kappa shape index (κ3) is 4.45. The van der Waals surface area contributed by atoms with E-state index in [0.29, 0.717) is 21.4 Å². The average Bonchev–Trinajstić information content (AvgIpc) is 2.66. The van der Waals surface area contributed by atoms with E-state index in [1.807, 2.05) is 32.0 Å². The molecule has 1 heterocycles. The molecule has 0 spiro atoms. The fraction of sp³-hybridized carbons (Fsp3) is 0.409. The van der Waals surface area contributed by atoms with Crippen LogP contribution in [0.15, 0.2) is 30.3 Å². The van der Waals surface area contributed by atoms with E-state index in [9.17, 15) is 4.79 Å². The summed E-state index contributed by atoms with van der Waals surface area (Å²) in [6.45, 7) is 5.68. The summed E-state index contributed by atoms with van der Waals surface area (Å²) in [6.07, 6.45) is 3.29. The molecule has 2 aromatic rings. The number of carbonyl (C=O) groups is 1. The molecule has 0 bridgehead atoms. The number of benzene rings is 2. The van der Waals surface area contributed by atoms with Crippen LogP contribution in [0.4, 0.5) is 5.69 Å². The molecule has 6 heteroatoms. The van der Waals surface area contributed by atoms with Gasteiger partial charge >= 0.3 is 0 Å². The number of aryl methyl sites for hydroxylation is 2. The van der Waals surface area contributed by atoms with E-state index in [-0.39, 0.29) is 5.91 Å². The Kier molecular flexibility index (Phi) is 6.86. The smallest absolute Gasteiger partial charge is 0.246 e. The Morgan fingerprint density at radius 3 is 2.36 bits per heavy atom. The maximum atomic E-state index is 13.5. The highest BCUT2D eigenvalue weighted by Gasteiger charge is 2.32. The summed E-state index contributed by atoms with van der Waals surface area (Å²) >= 11 is 12.7. The van der Waals surface area contributed by atoms with Crippen molar-refractivity contribution < 1.29 is 9.53 Å². The second-order valence-electron chi connectivity index (χ2n) is 7.27. The van der Waals surface area contributed by atoms with Gasteiger partial charge in [-0.2, -0.15) is 0 Å². The number of rotatable bonds is 5. The van der Waals surface area contributed by atoms with E-state index in [4.69, 9.17) is 27.9 Å². The number of hydrogen-bond donors (Lipinski definition) is 1. The van der Waals surface area contributed by atoms with Gasteiger partial charge in [0.2, 0.25) is 5.91 Å². The lowest BCUT2D eigenvalue weighted by Gasteiger charge is -2.35. The molecule has 4 nitrogen and oxygen atoms in total. The average molecular weight is 421 g/mol. The Labute approximate surface area is 176 Å². The zero-order valence-electron chi connectivity index (χ0n) is 16.5. The number of hydrogen-bond acceptors (Lipinski definition) is 3. The molecular formula is C22H26Cl2N2O2. The first-order chi connectivity index (χ1) is 13.4. The molecule has 28 heavy (non-hydrogen) atoms. The first kappa shape index (κ1) is 21.0. The van der Waals surface area contributed by atoms with Crippen LogP contribution in [0.5, 0.6) is 5.75 Å². The van der Waals surface area contributed by atoms with Crippen LogP contribution in [-0.4, -0.2) is 31.0 Å². The molecule has 1 fully saturated rings. The van der Waals surface area contributed by atoms with E-state index in [0.717, 1.165) is 42.7 Å². The number of likely N-dealkylation sites (tertiary alicyclic amines) is 1. The van der Waals surface area contributed by atoms with Crippen LogP contribution in [0.2, 0.25) is 10.0 Å². The summed E-state index contributed by atoms with van der Waals surface area (Å²) in [7, 11) is 1.56. The lowest BCUT2D eigenvalue weighted by atomic mass is 9.99. The van der Waals surface area contributed by atoms with Crippen molar-refractivity contribution in [2.24, 2.45) is 0 Å². The molecule has 1 amide bonds. The first-order valence-corrected chi connectivity index (χ1v) is 10.3. The minimum absolute atomic E-state index is 0.101. The summed E-state index contributed by atoms with van der Waals surface area (Å²) in [5.41, 5.74) is 3.61. The van der Waals surface area contributed by atoms with Crippen LogP contribution in [0.25, 0.3) is 0 Å². The summed E-state index contributed by atoms with van der Waals surface area (Å²) in [5.74, 6) is 0.397. The van der Waals surface area contributed by atoms with Crippen LogP contribution in [0, 0.1) is 13.8 Å². The summed E-state index contributed by atoms with van der Waals surface area (Å²) < 4.78 is 5.55. The van der Waals surface area contributed by atoms with Crippen LogP contribution >= 0.6 is 23.2 Å². The first-order valence-electron chi connectivity index (χ1n) is 9.56. The van der Waals surface area contributed by atoms with E-state index >= 15 is 0 Å². The standard InChI is InChI=1S/C22H26Cl2N2O2/c1-14-8-7-9-15(2)19(14)25-22(27)20(26-10-5-4-6-11-26)17-12-16(23)13-18(24)21(17)28-3/h7-9,12-13,20H,4-6,10-11H2,1-3H3,(H,25,27)/t20-/m1/s1. The number of carbonyl (C=O) groups excluding carboxylic acids is 1. The Balaban J connectivity index is 2.04. The number of piperidine rings is 1. The van der Waals surface area contributed by atoms with Crippen molar-refractivity contribution in [1.29, 1.82) is 0 Å². The van der Waals surface area contributed by atoms with Gasteiger partial charge in [0.05, 0.1) is 12.1 Å². The van der Waals surface area contributed by atoms with Gasteiger partial charge in [-0.05, 0) is 63.0 Å². The number of halogens is 2. The maximum Gasteiger partial charge on any atom is 0.246 e. The van der Waals surface area contributed by atoms with E-state index in [1.54, 1.807) is 19.2 Å². The van der Waals surface area contributed by atoms with Crippen molar-refractivity contribution in [3.8, 4) is 5.75 Å². The predicted molar refractivity (Wildman–Crippen MR) is 116 cm³/mol. The fourth-order valence-electron chi connectivity index (χ4n) is 3.88. The number of anilines is 1. The second kappa shape index (κ2) is 9.17. The monoisotopic (exact) mass is 420 g/mol. The molecule has 0 aliphatic carbocycles.